The Morgan fingerprint density at radius 1 is 1.43 bits per heavy atom. The van der Waals surface area contributed by atoms with Crippen LogP contribution in [0.15, 0.2) is 10.4 Å². The standard InChI is InChI=1S/C16H28N4S2.HI/c1-12-11-22-15(19-12)6-4-5-9-18-16(17-2)20-13-7-8-14(10-13)21-3;/h11,13-14H,4-10H2,1-3H3,(H2,17,18,20);1H. The summed E-state index contributed by atoms with van der Waals surface area (Å²) >= 11 is 3.76. The molecule has 1 fully saturated rings. The molecule has 2 rings (SSSR count). The van der Waals surface area contributed by atoms with Crippen LogP contribution >= 0.6 is 47.1 Å². The summed E-state index contributed by atoms with van der Waals surface area (Å²) in [4.78, 5) is 8.84. The molecule has 1 aromatic rings. The monoisotopic (exact) mass is 468 g/mol. The minimum Gasteiger partial charge on any atom is -0.356 e. The van der Waals surface area contributed by atoms with Crippen LogP contribution in [0.1, 0.15) is 42.8 Å². The summed E-state index contributed by atoms with van der Waals surface area (Å²) in [5, 5.41) is 11.2. The second kappa shape index (κ2) is 11.5. The number of nitrogens with one attached hydrogen (secondary N) is 2. The zero-order valence-electron chi connectivity index (χ0n) is 14.3. The number of nitrogens with zero attached hydrogens (tertiary/aromatic N) is 2. The summed E-state index contributed by atoms with van der Waals surface area (Å²) < 4.78 is 0. The number of halogens is 1. The van der Waals surface area contributed by atoms with Crippen LogP contribution < -0.4 is 10.6 Å². The molecule has 0 amide bonds. The van der Waals surface area contributed by atoms with Crippen LogP contribution in [0.3, 0.4) is 0 Å². The maximum absolute atomic E-state index is 4.50. The van der Waals surface area contributed by atoms with E-state index in [0.717, 1.165) is 36.3 Å². The summed E-state index contributed by atoms with van der Waals surface area (Å²) in [7, 11) is 1.86. The Kier molecular flexibility index (Phi) is 10.5. The maximum Gasteiger partial charge on any atom is 0.191 e. The van der Waals surface area contributed by atoms with Crippen molar-refractivity contribution in [1.82, 2.24) is 15.6 Å². The lowest BCUT2D eigenvalue weighted by atomic mass is 10.2. The van der Waals surface area contributed by atoms with E-state index in [2.05, 4.69) is 39.2 Å². The molecular formula is C16H29IN4S2. The van der Waals surface area contributed by atoms with Crippen molar-refractivity contribution in [3.8, 4) is 0 Å². The molecule has 1 saturated carbocycles. The van der Waals surface area contributed by atoms with Gasteiger partial charge in [-0.3, -0.25) is 4.99 Å². The first-order valence-corrected chi connectivity index (χ1v) is 10.3. The van der Waals surface area contributed by atoms with Gasteiger partial charge in [-0.05, 0) is 51.7 Å². The fourth-order valence-corrected chi connectivity index (χ4v) is 4.41. The Morgan fingerprint density at radius 2 is 2.26 bits per heavy atom. The molecule has 2 N–H and O–H groups in total. The smallest absolute Gasteiger partial charge is 0.191 e. The average Bonchev–Trinajstić information content (AvgIpc) is 3.14. The first kappa shape index (κ1) is 21.0. The highest BCUT2D eigenvalue weighted by Gasteiger charge is 2.24. The molecule has 23 heavy (non-hydrogen) atoms. The molecule has 132 valence electrons. The summed E-state index contributed by atoms with van der Waals surface area (Å²) in [5.41, 5.74) is 1.14. The van der Waals surface area contributed by atoms with Gasteiger partial charge in [0.15, 0.2) is 5.96 Å². The number of hydrogen-bond acceptors (Lipinski definition) is 4. The van der Waals surface area contributed by atoms with Crippen molar-refractivity contribution < 1.29 is 0 Å². The summed E-state index contributed by atoms with van der Waals surface area (Å²) in [6, 6.07) is 0.585. The minimum absolute atomic E-state index is 0. The first-order chi connectivity index (χ1) is 10.7. The van der Waals surface area contributed by atoms with E-state index in [1.165, 1.54) is 30.7 Å². The molecule has 2 atom stereocenters. The number of aliphatic imine (C=N–C) groups is 1. The van der Waals surface area contributed by atoms with Crippen LogP contribution in [0.25, 0.3) is 0 Å². The molecule has 0 aromatic carbocycles. The molecule has 1 aliphatic carbocycles. The van der Waals surface area contributed by atoms with Gasteiger partial charge in [-0.1, -0.05) is 0 Å². The second-order valence-electron chi connectivity index (χ2n) is 5.85. The zero-order chi connectivity index (χ0) is 15.8. The van der Waals surface area contributed by atoms with Crippen molar-refractivity contribution in [1.29, 1.82) is 0 Å². The quantitative estimate of drug-likeness (QED) is 0.276. The van der Waals surface area contributed by atoms with Gasteiger partial charge >= 0.3 is 0 Å². The summed E-state index contributed by atoms with van der Waals surface area (Å²) in [6.45, 7) is 3.03. The van der Waals surface area contributed by atoms with Gasteiger partial charge in [0, 0.05) is 36.0 Å². The van der Waals surface area contributed by atoms with Gasteiger partial charge in [-0.2, -0.15) is 11.8 Å². The Morgan fingerprint density at radius 3 is 2.87 bits per heavy atom. The van der Waals surface area contributed by atoms with Crippen molar-refractivity contribution in [2.75, 3.05) is 19.8 Å². The molecule has 0 saturated heterocycles. The molecule has 0 bridgehead atoms. The SMILES string of the molecule is CN=C(NCCCCc1nc(C)cs1)NC1CCC(SC)C1.I. The number of thioether (sulfide) groups is 1. The fraction of sp³-hybridized carbons (Fsp3) is 0.750. The zero-order valence-corrected chi connectivity index (χ0v) is 18.3. The van der Waals surface area contributed by atoms with E-state index >= 15 is 0 Å². The highest BCUT2D eigenvalue weighted by Crippen LogP contribution is 2.27. The third kappa shape index (κ3) is 7.60. The van der Waals surface area contributed by atoms with E-state index < -0.39 is 0 Å². The summed E-state index contributed by atoms with van der Waals surface area (Å²) in [5.74, 6) is 0.955. The number of hydrogen-bond donors (Lipinski definition) is 2. The largest absolute Gasteiger partial charge is 0.356 e. The number of aromatic nitrogens is 1. The van der Waals surface area contributed by atoms with Crippen molar-refractivity contribution in [2.45, 2.75) is 56.7 Å². The van der Waals surface area contributed by atoms with Gasteiger partial charge in [-0.25, -0.2) is 4.98 Å². The molecule has 0 radical (unpaired) electrons. The van der Waals surface area contributed by atoms with Gasteiger partial charge in [0.1, 0.15) is 0 Å². The molecule has 1 heterocycles. The van der Waals surface area contributed by atoms with Gasteiger partial charge in [0.2, 0.25) is 0 Å². The Balaban J connectivity index is 0.00000264. The van der Waals surface area contributed by atoms with E-state index in [4.69, 9.17) is 0 Å². The molecule has 7 heteroatoms. The second-order valence-corrected chi connectivity index (χ2v) is 7.93. The summed E-state index contributed by atoms with van der Waals surface area (Å²) in [6.07, 6.45) is 9.46. The van der Waals surface area contributed by atoms with Gasteiger partial charge in [0.05, 0.1) is 5.01 Å². The van der Waals surface area contributed by atoms with Crippen LogP contribution in [0, 0.1) is 6.92 Å². The van der Waals surface area contributed by atoms with E-state index in [1.807, 2.05) is 18.8 Å². The number of rotatable bonds is 7. The van der Waals surface area contributed by atoms with Crippen molar-refractivity contribution >= 4 is 53.0 Å². The Hall–Kier alpha value is -0.0200. The lowest BCUT2D eigenvalue weighted by molar-refractivity contribution is 0.608. The molecular weight excluding hydrogens is 439 g/mol. The molecule has 1 aliphatic rings. The minimum atomic E-state index is 0. The molecule has 2 unspecified atom stereocenters. The normalized spacial score (nSPS) is 21.1. The fourth-order valence-electron chi connectivity index (χ4n) is 2.80. The predicted molar refractivity (Wildman–Crippen MR) is 115 cm³/mol. The lowest BCUT2D eigenvalue weighted by Crippen LogP contribution is -2.42. The highest BCUT2D eigenvalue weighted by molar-refractivity contribution is 14.0. The van der Waals surface area contributed by atoms with Gasteiger partial charge in [-0.15, -0.1) is 35.3 Å². The van der Waals surface area contributed by atoms with Crippen LogP contribution in [-0.4, -0.2) is 42.1 Å². The van der Waals surface area contributed by atoms with Crippen LogP contribution in [0.5, 0.6) is 0 Å². The van der Waals surface area contributed by atoms with Crippen LogP contribution in [0.4, 0.5) is 0 Å². The van der Waals surface area contributed by atoms with Crippen molar-refractivity contribution in [3.05, 3.63) is 16.1 Å². The van der Waals surface area contributed by atoms with Crippen molar-refractivity contribution in [2.24, 2.45) is 4.99 Å². The van der Waals surface area contributed by atoms with Gasteiger partial charge < -0.3 is 10.6 Å². The van der Waals surface area contributed by atoms with E-state index in [0.29, 0.717) is 6.04 Å². The Bertz CT molecular complexity index is 478. The maximum atomic E-state index is 4.50. The molecule has 0 spiro atoms. The Labute approximate surface area is 165 Å². The topological polar surface area (TPSA) is 49.3 Å². The van der Waals surface area contributed by atoms with Gasteiger partial charge in [0.25, 0.3) is 0 Å². The third-order valence-corrected chi connectivity index (χ3v) is 6.18. The van der Waals surface area contributed by atoms with E-state index in [1.54, 1.807) is 11.3 Å². The first-order valence-electron chi connectivity index (χ1n) is 8.12. The number of unbranched alkanes of at least 4 members (excludes halogenated alkanes) is 1. The van der Waals surface area contributed by atoms with E-state index in [-0.39, 0.29) is 24.0 Å². The average molecular weight is 468 g/mol. The number of aryl methyl sites for hydroxylation is 2. The van der Waals surface area contributed by atoms with Crippen LogP contribution in [-0.2, 0) is 6.42 Å². The van der Waals surface area contributed by atoms with E-state index in [9.17, 15) is 0 Å². The lowest BCUT2D eigenvalue weighted by Gasteiger charge is -2.17. The van der Waals surface area contributed by atoms with Crippen LogP contribution in [0.2, 0.25) is 0 Å². The third-order valence-electron chi connectivity index (χ3n) is 4.06. The number of thiazole rings is 1. The van der Waals surface area contributed by atoms with Crippen molar-refractivity contribution in [3.63, 3.8) is 0 Å². The number of guanidine groups is 1. The molecule has 4 nitrogen and oxygen atoms in total. The predicted octanol–water partition coefficient (Wildman–Crippen LogP) is 3.84. The highest BCUT2D eigenvalue weighted by atomic mass is 127. The molecule has 1 aromatic heterocycles. The molecule has 0 aliphatic heterocycles.